The lowest BCUT2D eigenvalue weighted by atomic mass is 9.93. The number of carbonyl (C=O) groups is 3. The van der Waals surface area contributed by atoms with Crippen LogP contribution in [0.1, 0.15) is 84.0 Å². The van der Waals surface area contributed by atoms with Gasteiger partial charge in [0.15, 0.2) is 0 Å². The highest BCUT2D eigenvalue weighted by atomic mass is 16.6. The minimum atomic E-state index is -0.942. The SMILES string of the molecule is CCCCNC(=O)C(c1cccc(C)c1)N(C(=O)C(Cc1ccccc1)NC(=O)OC(C)(C)C)C(C)(C)C. The molecule has 7 nitrogen and oxygen atoms in total. The van der Waals surface area contributed by atoms with Gasteiger partial charge in [0.2, 0.25) is 11.8 Å². The van der Waals surface area contributed by atoms with Crippen molar-refractivity contribution in [2.24, 2.45) is 0 Å². The number of hydrogen-bond donors (Lipinski definition) is 2. The number of nitrogens with zero attached hydrogens (tertiary/aromatic N) is 1. The molecule has 0 saturated heterocycles. The van der Waals surface area contributed by atoms with Gasteiger partial charge in [-0.1, -0.05) is 73.5 Å². The van der Waals surface area contributed by atoms with Crippen LogP contribution in [0.3, 0.4) is 0 Å². The van der Waals surface area contributed by atoms with E-state index in [4.69, 9.17) is 4.74 Å². The Kier molecular flexibility index (Phi) is 10.9. The topological polar surface area (TPSA) is 87.7 Å². The molecule has 0 aliphatic carbocycles. The molecule has 0 fully saturated rings. The van der Waals surface area contributed by atoms with Crippen molar-refractivity contribution in [3.8, 4) is 0 Å². The van der Waals surface area contributed by atoms with Gasteiger partial charge in [-0.3, -0.25) is 9.59 Å². The van der Waals surface area contributed by atoms with Crippen LogP contribution in [-0.4, -0.2) is 46.5 Å². The predicted octanol–water partition coefficient (Wildman–Crippen LogP) is 5.72. The molecule has 2 aromatic carbocycles. The van der Waals surface area contributed by atoms with Crippen LogP contribution < -0.4 is 10.6 Å². The molecule has 3 amide bonds. The van der Waals surface area contributed by atoms with Crippen LogP contribution in [0.25, 0.3) is 0 Å². The molecule has 0 heterocycles. The van der Waals surface area contributed by atoms with E-state index in [1.165, 1.54) is 0 Å². The number of nitrogens with one attached hydrogen (secondary N) is 2. The molecule has 0 aliphatic rings. The molecule has 2 unspecified atom stereocenters. The molecule has 208 valence electrons. The summed E-state index contributed by atoms with van der Waals surface area (Å²) in [5, 5.41) is 5.82. The van der Waals surface area contributed by atoms with Gasteiger partial charge >= 0.3 is 6.09 Å². The van der Waals surface area contributed by atoms with E-state index < -0.39 is 29.3 Å². The molecule has 0 radical (unpaired) electrons. The van der Waals surface area contributed by atoms with E-state index in [9.17, 15) is 14.4 Å². The van der Waals surface area contributed by atoms with Gasteiger partial charge in [-0.05, 0) is 66.0 Å². The van der Waals surface area contributed by atoms with Crippen LogP contribution in [0, 0.1) is 6.92 Å². The zero-order valence-electron chi connectivity index (χ0n) is 24.3. The molecular formula is C31H45N3O4. The number of benzene rings is 2. The Balaban J connectivity index is 2.56. The Morgan fingerprint density at radius 3 is 2.16 bits per heavy atom. The minimum Gasteiger partial charge on any atom is -0.444 e. The largest absolute Gasteiger partial charge is 0.444 e. The zero-order chi connectivity index (χ0) is 28.5. The molecule has 0 aromatic heterocycles. The molecule has 0 spiro atoms. The van der Waals surface area contributed by atoms with E-state index in [1.807, 2.05) is 82.3 Å². The van der Waals surface area contributed by atoms with Crippen LogP contribution in [0.2, 0.25) is 0 Å². The van der Waals surface area contributed by atoms with E-state index >= 15 is 0 Å². The van der Waals surface area contributed by atoms with Crippen molar-refractivity contribution in [3.63, 3.8) is 0 Å². The lowest BCUT2D eigenvalue weighted by Crippen LogP contribution is -2.59. The van der Waals surface area contributed by atoms with Gasteiger partial charge in [0.1, 0.15) is 17.7 Å². The van der Waals surface area contributed by atoms with Crippen molar-refractivity contribution in [2.45, 2.75) is 97.9 Å². The summed E-state index contributed by atoms with van der Waals surface area (Å²) < 4.78 is 5.50. The molecule has 2 aromatic rings. The molecule has 0 aliphatic heterocycles. The summed E-state index contributed by atoms with van der Waals surface area (Å²) >= 11 is 0. The van der Waals surface area contributed by atoms with Crippen molar-refractivity contribution in [1.82, 2.24) is 15.5 Å². The molecule has 2 N–H and O–H groups in total. The molecule has 7 heteroatoms. The summed E-state index contributed by atoms with van der Waals surface area (Å²) in [6.07, 6.45) is 1.35. The average molecular weight is 524 g/mol. The first kappa shape index (κ1) is 30.9. The fourth-order valence-corrected chi connectivity index (χ4v) is 4.26. The molecular weight excluding hydrogens is 478 g/mol. The average Bonchev–Trinajstić information content (AvgIpc) is 2.80. The quantitative estimate of drug-likeness (QED) is 0.390. The van der Waals surface area contributed by atoms with Gasteiger partial charge in [0.05, 0.1) is 0 Å². The molecule has 2 rings (SSSR count). The van der Waals surface area contributed by atoms with Gasteiger partial charge in [0.25, 0.3) is 0 Å². The van der Waals surface area contributed by atoms with Crippen molar-refractivity contribution in [1.29, 1.82) is 0 Å². The highest BCUT2D eigenvalue weighted by Gasteiger charge is 2.41. The highest BCUT2D eigenvalue weighted by molar-refractivity contribution is 5.92. The van der Waals surface area contributed by atoms with E-state index in [-0.39, 0.29) is 18.2 Å². The molecule has 2 atom stereocenters. The summed E-state index contributed by atoms with van der Waals surface area (Å²) in [5.41, 5.74) is 1.13. The van der Waals surface area contributed by atoms with Crippen molar-refractivity contribution >= 4 is 17.9 Å². The van der Waals surface area contributed by atoms with Gasteiger partial charge in [-0.2, -0.15) is 0 Å². The highest BCUT2D eigenvalue weighted by Crippen LogP contribution is 2.31. The summed E-state index contributed by atoms with van der Waals surface area (Å²) in [4.78, 5) is 42.6. The number of hydrogen-bond acceptors (Lipinski definition) is 4. The maximum absolute atomic E-state index is 14.4. The third kappa shape index (κ3) is 9.51. The van der Waals surface area contributed by atoms with E-state index in [1.54, 1.807) is 25.7 Å². The Bertz CT molecular complexity index is 1070. The van der Waals surface area contributed by atoms with Crippen molar-refractivity contribution in [3.05, 3.63) is 71.3 Å². The predicted molar refractivity (Wildman–Crippen MR) is 152 cm³/mol. The Morgan fingerprint density at radius 1 is 0.947 bits per heavy atom. The van der Waals surface area contributed by atoms with Crippen LogP contribution in [0.5, 0.6) is 0 Å². The first-order valence-electron chi connectivity index (χ1n) is 13.4. The van der Waals surface area contributed by atoms with Crippen molar-refractivity contribution in [2.75, 3.05) is 6.54 Å². The Labute approximate surface area is 228 Å². The fraction of sp³-hybridized carbons (Fsp3) is 0.516. The van der Waals surface area contributed by atoms with Gasteiger partial charge in [-0.25, -0.2) is 4.79 Å². The number of rotatable bonds is 10. The first-order valence-corrected chi connectivity index (χ1v) is 13.4. The Hall–Kier alpha value is -3.35. The van der Waals surface area contributed by atoms with E-state index in [0.717, 1.165) is 29.5 Å². The summed E-state index contributed by atoms with van der Waals surface area (Å²) in [7, 11) is 0. The number of unbranched alkanes of at least 4 members (excludes halogenated alkanes) is 1. The van der Waals surface area contributed by atoms with Crippen molar-refractivity contribution < 1.29 is 19.1 Å². The van der Waals surface area contributed by atoms with Gasteiger partial charge in [-0.15, -0.1) is 0 Å². The van der Waals surface area contributed by atoms with Crippen LogP contribution in [0.4, 0.5) is 4.79 Å². The summed E-state index contributed by atoms with van der Waals surface area (Å²) in [6.45, 7) is 15.6. The lowest BCUT2D eigenvalue weighted by molar-refractivity contribution is -0.148. The summed E-state index contributed by atoms with van der Waals surface area (Å²) in [5.74, 6) is -0.604. The molecule has 0 saturated carbocycles. The van der Waals surface area contributed by atoms with Crippen LogP contribution in [0.15, 0.2) is 54.6 Å². The minimum absolute atomic E-state index is 0.247. The van der Waals surface area contributed by atoms with E-state index in [0.29, 0.717) is 6.54 Å². The molecule has 38 heavy (non-hydrogen) atoms. The molecule has 0 bridgehead atoms. The maximum Gasteiger partial charge on any atom is 0.408 e. The second-order valence-corrected chi connectivity index (χ2v) is 11.7. The second kappa shape index (κ2) is 13.4. The normalized spacial score (nSPS) is 13.3. The van der Waals surface area contributed by atoms with Crippen LogP contribution >= 0.6 is 0 Å². The standard InChI is InChI=1S/C31H45N3O4/c1-9-10-19-32-27(35)26(24-18-14-15-22(2)20-24)34(30(3,4)5)28(36)25(21-23-16-12-11-13-17-23)33-29(37)38-31(6,7)8/h11-18,20,25-26H,9-10,19,21H2,1-8H3,(H,32,35)(H,33,37). The monoisotopic (exact) mass is 523 g/mol. The van der Waals surface area contributed by atoms with Gasteiger partial charge < -0.3 is 20.3 Å². The number of aryl methyl sites for hydroxylation is 1. The lowest BCUT2D eigenvalue weighted by Gasteiger charge is -2.43. The maximum atomic E-state index is 14.4. The van der Waals surface area contributed by atoms with Gasteiger partial charge in [0, 0.05) is 18.5 Å². The number of alkyl carbamates (subject to hydrolysis) is 1. The van der Waals surface area contributed by atoms with E-state index in [2.05, 4.69) is 17.6 Å². The zero-order valence-corrected chi connectivity index (χ0v) is 24.3. The first-order chi connectivity index (χ1) is 17.7. The summed E-state index contributed by atoms with van der Waals surface area (Å²) in [6, 6.07) is 15.3. The second-order valence-electron chi connectivity index (χ2n) is 11.7. The Morgan fingerprint density at radius 2 is 1.61 bits per heavy atom. The number of ether oxygens (including phenoxy) is 1. The number of amides is 3. The van der Waals surface area contributed by atoms with Crippen LogP contribution in [-0.2, 0) is 20.7 Å². The number of carbonyl (C=O) groups excluding carboxylic acids is 3. The third-order valence-corrected chi connectivity index (χ3v) is 5.93. The fourth-order valence-electron chi connectivity index (χ4n) is 4.26. The smallest absolute Gasteiger partial charge is 0.408 e. The third-order valence-electron chi connectivity index (χ3n) is 5.93.